The summed E-state index contributed by atoms with van der Waals surface area (Å²) in [6, 6.07) is 12.5. The van der Waals surface area contributed by atoms with Gasteiger partial charge >= 0.3 is 5.97 Å². The first-order valence-corrected chi connectivity index (χ1v) is 14.1. The van der Waals surface area contributed by atoms with E-state index in [1.165, 1.54) is 0 Å². The molecule has 0 unspecified atom stereocenters. The number of amides is 1. The van der Waals surface area contributed by atoms with Gasteiger partial charge in [0.2, 0.25) is 5.91 Å². The van der Waals surface area contributed by atoms with Crippen LogP contribution in [-0.4, -0.2) is 54.8 Å². The minimum atomic E-state index is -0.619. The van der Waals surface area contributed by atoms with E-state index in [1.807, 2.05) is 44.2 Å². The Labute approximate surface area is 235 Å². The number of carbonyl (C=O) groups excluding carboxylic acids is 1. The van der Waals surface area contributed by atoms with Crippen LogP contribution < -0.4 is 25.0 Å². The number of oxazole rings is 1. The molecule has 1 aliphatic heterocycles. The predicted octanol–water partition coefficient (Wildman–Crippen LogP) is 5.21. The lowest BCUT2D eigenvalue weighted by molar-refractivity contribution is -0.144. The fourth-order valence-electron chi connectivity index (χ4n) is 4.78. The molecule has 10 nitrogen and oxygen atoms in total. The van der Waals surface area contributed by atoms with E-state index in [-0.39, 0.29) is 11.8 Å². The fourth-order valence-corrected chi connectivity index (χ4v) is 4.78. The van der Waals surface area contributed by atoms with Crippen molar-refractivity contribution < 1.29 is 28.6 Å². The maximum Gasteiger partial charge on any atom is 0.306 e. The average Bonchev–Trinajstić information content (AvgIpc) is 3.34. The third-order valence-electron chi connectivity index (χ3n) is 7.31. The number of aliphatic carboxylic acids is 1. The third-order valence-corrected chi connectivity index (χ3v) is 7.31. The molecule has 2 fully saturated rings. The minimum Gasteiger partial charge on any atom is -0.493 e. The van der Waals surface area contributed by atoms with Gasteiger partial charge in [-0.15, -0.1) is 0 Å². The molecule has 0 atom stereocenters. The molecule has 1 amide bonds. The summed E-state index contributed by atoms with van der Waals surface area (Å²) in [6.45, 7) is 6.92. The van der Waals surface area contributed by atoms with Crippen LogP contribution in [0.4, 0.5) is 11.7 Å². The number of piperidine rings is 1. The summed E-state index contributed by atoms with van der Waals surface area (Å²) in [5.74, 6) is 0.805. The van der Waals surface area contributed by atoms with Crippen LogP contribution in [0, 0.1) is 5.92 Å². The molecule has 0 spiro atoms. The topological polar surface area (TPSA) is 126 Å². The summed E-state index contributed by atoms with van der Waals surface area (Å²) in [7, 11) is 1.65. The van der Waals surface area contributed by atoms with E-state index in [9.17, 15) is 9.59 Å². The van der Waals surface area contributed by atoms with Crippen molar-refractivity contribution in [3.05, 3.63) is 42.0 Å². The smallest absolute Gasteiger partial charge is 0.306 e. The lowest BCUT2D eigenvalue weighted by Gasteiger charge is -2.33. The second-order valence-electron chi connectivity index (χ2n) is 10.1. The van der Waals surface area contributed by atoms with Gasteiger partial charge < -0.3 is 34.5 Å². The van der Waals surface area contributed by atoms with Gasteiger partial charge in [-0.05, 0) is 81.6 Å². The van der Waals surface area contributed by atoms with Crippen LogP contribution in [0.1, 0.15) is 57.9 Å². The monoisotopic (exact) mass is 552 g/mol. The number of rotatable bonds is 10. The molecule has 3 aromatic rings. The van der Waals surface area contributed by atoms with Crippen LogP contribution in [0.25, 0.3) is 11.1 Å². The Bertz CT molecular complexity index is 1280. The number of nitrogens with zero attached hydrogens (tertiary/aromatic N) is 2. The van der Waals surface area contributed by atoms with Gasteiger partial charge in [0, 0.05) is 24.7 Å². The Balaban J connectivity index is 0.000000461. The highest BCUT2D eigenvalue weighted by atomic mass is 16.5. The summed E-state index contributed by atoms with van der Waals surface area (Å²) in [4.78, 5) is 28.8. The largest absolute Gasteiger partial charge is 0.493 e. The molecule has 2 aromatic carbocycles. The molecular formula is C30H40N4O6. The fraction of sp³-hybridized carbons (Fsp3) is 0.500. The molecule has 0 radical (unpaired) electrons. The number of hydrogen-bond donors (Lipinski definition) is 3. The number of carboxylic acid groups (broad SMARTS) is 1. The van der Waals surface area contributed by atoms with E-state index in [0.717, 1.165) is 73.5 Å². The van der Waals surface area contributed by atoms with Crippen LogP contribution in [-0.2, 0) is 16.1 Å². The highest BCUT2D eigenvalue weighted by Gasteiger charge is 2.26. The lowest BCUT2D eigenvalue weighted by atomic mass is 9.86. The molecule has 2 aliphatic rings. The lowest BCUT2D eigenvalue weighted by Crippen LogP contribution is -2.43. The standard InChI is InChI=1S/C25H32N4O4.C5H8O2/c1-4-24(30)27-18-7-9-21-20(15-18)28-25(33-21)29(19-10-12-26-13-11-19)16-17-6-8-22(31-3)23(14-17)32-5-2;6-5(7)4-2-1-3-4/h6-9,14-15,19,26H,4-5,10-13,16H2,1-3H3,(H,27,30);4H,1-3H2,(H,6,7). The van der Waals surface area contributed by atoms with E-state index in [1.54, 1.807) is 7.11 Å². The molecule has 5 rings (SSSR count). The zero-order chi connectivity index (χ0) is 28.5. The van der Waals surface area contributed by atoms with Crippen LogP contribution in [0.2, 0.25) is 0 Å². The van der Waals surface area contributed by atoms with E-state index in [4.69, 9.17) is 24.0 Å². The van der Waals surface area contributed by atoms with Crippen LogP contribution in [0.3, 0.4) is 0 Å². The molecular weight excluding hydrogens is 512 g/mol. The SMILES string of the molecule is CCOc1cc(CN(c2nc3cc(NC(=O)CC)ccc3o2)C2CCNCC2)ccc1OC.O=C(O)C1CCC1. The van der Waals surface area contributed by atoms with Gasteiger partial charge in [-0.25, -0.2) is 0 Å². The molecule has 2 heterocycles. The Kier molecular flexibility index (Phi) is 10.2. The number of anilines is 2. The maximum absolute atomic E-state index is 11.8. The molecule has 216 valence electrons. The average molecular weight is 553 g/mol. The number of aromatic nitrogens is 1. The minimum absolute atomic E-state index is 0.000000000000000444. The van der Waals surface area contributed by atoms with Gasteiger partial charge in [0.05, 0.1) is 19.6 Å². The van der Waals surface area contributed by atoms with Gasteiger partial charge in [0.25, 0.3) is 6.01 Å². The molecule has 10 heteroatoms. The van der Waals surface area contributed by atoms with Gasteiger partial charge in [-0.3, -0.25) is 9.59 Å². The van der Waals surface area contributed by atoms with E-state index in [2.05, 4.69) is 21.6 Å². The summed E-state index contributed by atoms with van der Waals surface area (Å²) in [5, 5.41) is 14.5. The first-order valence-electron chi connectivity index (χ1n) is 14.1. The van der Waals surface area contributed by atoms with Crippen molar-refractivity contribution in [1.82, 2.24) is 10.3 Å². The second-order valence-corrected chi connectivity index (χ2v) is 10.1. The zero-order valence-electron chi connectivity index (χ0n) is 23.6. The molecule has 0 bridgehead atoms. The highest BCUT2D eigenvalue weighted by Crippen LogP contribution is 2.32. The zero-order valence-corrected chi connectivity index (χ0v) is 23.6. The number of carboxylic acids is 1. The van der Waals surface area contributed by atoms with Crippen molar-refractivity contribution in [2.75, 3.05) is 37.0 Å². The molecule has 3 N–H and O–H groups in total. The summed E-state index contributed by atoms with van der Waals surface area (Å²) in [6.07, 6.45) is 5.34. The van der Waals surface area contributed by atoms with Crippen molar-refractivity contribution in [2.45, 2.75) is 65.0 Å². The van der Waals surface area contributed by atoms with Crippen LogP contribution in [0.15, 0.2) is 40.8 Å². The van der Waals surface area contributed by atoms with Gasteiger partial charge in [0.1, 0.15) is 5.52 Å². The van der Waals surface area contributed by atoms with Gasteiger partial charge in [-0.2, -0.15) is 4.98 Å². The van der Waals surface area contributed by atoms with Crippen molar-refractivity contribution in [3.63, 3.8) is 0 Å². The summed E-state index contributed by atoms with van der Waals surface area (Å²) in [5.41, 5.74) is 3.24. The third kappa shape index (κ3) is 7.44. The molecule has 1 saturated carbocycles. The Morgan fingerprint density at radius 3 is 2.48 bits per heavy atom. The number of nitrogens with one attached hydrogen (secondary N) is 2. The quantitative estimate of drug-likeness (QED) is 0.311. The second kappa shape index (κ2) is 14.0. The summed E-state index contributed by atoms with van der Waals surface area (Å²) < 4.78 is 17.4. The normalized spacial score (nSPS) is 15.5. The van der Waals surface area contributed by atoms with Gasteiger partial charge in [0.15, 0.2) is 17.1 Å². The number of hydrogen-bond acceptors (Lipinski definition) is 8. The van der Waals surface area contributed by atoms with E-state index < -0.39 is 5.97 Å². The molecule has 1 saturated heterocycles. The van der Waals surface area contributed by atoms with Crippen molar-refractivity contribution in [1.29, 1.82) is 0 Å². The van der Waals surface area contributed by atoms with Gasteiger partial charge in [-0.1, -0.05) is 19.4 Å². The van der Waals surface area contributed by atoms with Crippen LogP contribution >= 0.6 is 0 Å². The Morgan fingerprint density at radius 2 is 1.88 bits per heavy atom. The number of ether oxygens (including phenoxy) is 2. The number of carbonyl (C=O) groups is 2. The highest BCUT2D eigenvalue weighted by molar-refractivity contribution is 5.92. The first kappa shape index (κ1) is 29.2. The maximum atomic E-state index is 11.8. The van der Waals surface area contributed by atoms with Crippen molar-refractivity contribution >= 4 is 34.7 Å². The van der Waals surface area contributed by atoms with E-state index in [0.29, 0.717) is 37.2 Å². The molecule has 1 aromatic heterocycles. The first-order chi connectivity index (χ1) is 19.4. The van der Waals surface area contributed by atoms with Crippen LogP contribution in [0.5, 0.6) is 11.5 Å². The molecule has 40 heavy (non-hydrogen) atoms. The number of fused-ring (bicyclic) bond motifs is 1. The Morgan fingerprint density at radius 1 is 1.10 bits per heavy atom. The van der Waals surface area contributed by atoms with Crippen molar-refractivity contribution in [3.8, 4) is 11.5 Å². The summed E-state index contributed by atoms with van der Waals surface area (Å²) >= 11 is 0. The Hall–Kier alpha value is -3.79. The number of benzene rings is 2. The van der Waals surface area contributed by atoms with Crippen molar-refractivity contribution in [2.24, 2.45) is 5.92 Å². The van der Waals surface area contributed by atoms with E-state index >= 15 is 0 Å². The molecule has 1 aliphatic carbocycles. The predicted molar refractivity (Wildman–Crippen MR) is 154 cm³/mol. The number of methoxy groups -OCH3 is 1.